The van der Waals surface area contributed by atoms with Gasteiger partial charge in [-0.1, -0.05) is 12.1 Å². The lowest BCUT2D eigenvalue weighted by atomic mass is 10.2. The van der Waals surface area contributed by atoms with Crippen LogP contribution in [0.3, 0.4) is 0 Å². The fourth-order valence-corrected chi connectivity index (χ4v) is 3.29. The average Bonchev–Trinajstić information content (AvgIpc) is 2.76. The van der Waals surface area contributed by atoms with E-state index in [-0.39, 0.29) is 29.8 Å². The van der Waals surface area contributed by atoms with Crippen LogP contribution in [0.15, 0.2) is 53.5 Å². The third-order valence-electron chi connectivity index (χ3n) is 4.91. The quantitative estimate of drug-likeness (QED) is 0.259. The van der Waals surface area contributed by atoms with E-state index in [4.69, 9.17) is 9.47 Å². The summed E-state index contributed by atoms with van der Waals surface area (Å²) >= 11 is 0. The van der Waals surface area contributed by atoms with E-state index in [0.29, 0.717) is 19.8 Å². The lowest BCUT2D eigenvalue weighted by Crippen LogP contribution is -2.52. The zero-order chi connectivity index (χ0) is 20.5. The highest BCUT2D eigenvalue weighted by Gasteiger charge is 2.19. The van der Waals surface area contributed by atoms with Crippen LogP contribution in [0, 0.1) is 5.82 Å². The molecule has 1 aliphatic rings. The highest BCUT2D eigenvalue weighted by Crippen LogP contribution is 2.17. The van der Waals surface area contributed by atoms with E-state index in [1.54, 1.807) is 14.2 Å². The van der Waals surface area contributed by atoms with Crippen molar-refractivity contribution in [3.8, 4) is 5.75 Å². The van der Waals surface area contributed by atoms with E-state index >= 15 is 0 Å². The van der Waals surface area contributed by atoms with Crippen molar-refractivity contribution in [3.05, 3.63) is 59.9 Å². The molecule has 1 aliphatic heterocycles. The summed E-state index contributed by atoms with van der Waals surface area (Å²) in [6, 6.07) is 14.7. The minimum Gasteiger partial charge on any atom is -0.491 e. The minimum atomic E-state index is -0.202. The van der Waals surface area contributed by atoms with Gasteiger partial charge in [0.15, 0.2) is 5.96 Å². The van der Waals surface area contributed by atoms with E-state index in [0.717, 1.165) is 49.1 Å². The number of hydrogen-bond donors (Lipinski definition) is 1. The van der Waals surface area contributed by atoms with Gasteiger partial charge in [0.1, 0.15) is 18.2 Å². The number of ether oxygens (including phenoxy) is 2. The van der Waals surface area contributed by atoms with Gasteiger partial charge >= 0.3 is 0 Å². The second-order valence-corrected chi connectivity index (χ2v) is 6.84. The first-order valence-electron chi connectivity index (χ1n) is 9.86. The van der Waals surface area contributed by atoms with Gasteiger partial charge in [0.2, 0.25) is 0 Å². The number of anilines is 1. The SMILES string of the molecule is CN=C(NCc1ccc(OCCOC)cc1)N1CCN(c2ccc(F)cc2)CC1.I. The molecule has 0 spiro atoms. The Morgan fingerprint density at radius 2 is 1.67 bits per heavy atom. The van der Waals surface area contributed by atoms with Gasteiger partial charge in [0, 0.05) is 52.6 Å². The van der Waals surface area contributed by atoms with Crippen LogP contribution in [-0.2, 0) is 11.3 Å². The van der Waals surface area contributed by atoms with Gasteiger partial charge in [-0.15, -0.1) is 24.0 Å². The summed E-state index contributed by atoms with van der Waals surface area (Å²) in [5.74, 6) is 1.53. The lowest BCUT2D eigenvalue weighted by molar-refractivity contribution is 0.146. The molecular weight excluding hydrogens is 498 g/mol. The smallest absolute Gasteiger partial charge is 0.194 e. The zero-order valence-electron chi connectivity index (χ0n) is 17.5. The number of guanidine groups is 1. The maximum Gasteiger partial charge on any atom is 0.194 e. The molecule has 0 radical (unpaired) electrons. The van der Waals surface area contributed by atoms with E-state index in [1.165, 1.54) is 12.1 Å². The Labute approximate surface area is 195 Å². The highest BCUT2D eigenvalue weighted by atomic mass is 127. The summed E-state index contributed by atoms with van der Waals surface area (Å²) in [4.78, 5) is 8.95. The molecule has 1 N–H and O–H groups in total. The molecule has 164 valence electrons. The predicted octanol–water partition coefficient (Wildman–Crippen LogP) is 3.37. The van der Waals surface area contributed by atoms with Crippen molar-refractivity contribution in [1.82, 2.24) is 10.2 Å². The summed E-state index contributed by atoms with van der Waals surface area (Å²) < 4.78 is 23.7. The molecule has 3 rings (SSSR count). The number of piperazine rings is 1. The van der Waals surface area contributed by atoms with Crippen LogP contribution in [0.1, 0.15) is 5.56 Å². The summed E-state index contributed by atoms with van der Waals surface area (Å²) in [5.41, 5.74) is 2.22. The molecule has 1 fully saturated rings. The van der Waals surface area contributed by atoms with Gasteiger partial charge in [-0.25, -0.2) is 4.39 Å². The Morgan fingerprint density at radius 3 is 2.27 bits per heavy atom. The number of hydrogen-bond acceptors (Lipinski definition) is 4. The Bertz CT molecular complexity index is 779. The molecule has 30 heavy (non-hydrogen) atoms. The first kappa shape index (κ1) is 24.2. The van der Waals surface area contributed by atoms with Crippen LogP contribution >= 0.6 is 24.0 Å². The fourth-order valence-electron chi connectivity index (χ4n) is 3.29. The van der Waals surface area contributed by atoms with Gasteiger partial charge in [0.05, 0.1) is 6.61 Å². The number of nitrogens with one attached hydrogen (secondary N) is 1. The van der Waals surface area contributed by atoms with E-state index in [9.17, 15) is 4.39 Å². The number of nitrogens with zero attached hydrogens (tertiary/aromatic N) is 3. The van der Waals surface area contributed by atoms with Crippen molar-refractivity contribution in [3.63, 3.8) is 0 Å². The first-order chi connectivity index (χ1) is 14.2. The molecule has 0 aliphatic carbocycles. The molecule has 1 saturated heterocycles. The van der Waals surface area contributed by atoms with Gasteiger partial charge in [-0.05, 0) is 42.0 Å². The van der Waals surface area contributed by atoms with Crippen LogP contribution in [0.5, 0.6) is 5.75 Å². The van der Waals surface area contributed by atoms with E-state index < -0.39 is 0 Å². The normalized spacial score (nSPS) is 14.3. The molecule has 0 bridgehead atoms. The Balaban J connectivity index is 0.00000320. The summed E-state index contributed by atoms with van der Waals surface area (Å²) in [7, 11) is 3.47. The fraction of sp³-hybridized carbons (Fsp3) is 0.409. The molecule has 0 saturated carbocycles. The van der Waals surface area contributed by atoms with Crippen molar-refractivity contribution >= 4 is 35.6 Å². The molecular formula is C22H30FIN4O2. The van der Waals surface area contributed by atoms with Gasteiger partial charge in [-0.3, -0.25) is 4.99 Å². The van der Waals surface area contributed by atoms with Gasteiger partial charge < -0.3 is 24.6 Å². The van der Waals surface area contributed by atoms with Crippen LogP contribution in [0.2, 0.25) is 0 Å². The van der Waals surface area contributed by atoms with E-state index in [1.807, 2.05) is 24.3 Å². The molecule has 6 nitrogen and oxygen atoms in total. The number of benzene rings is 2. The number of halogens is 2. The zero-order valence-corrected chi connectivity index (χ0v) is 19.8. The largest absolute Gasteiger partial charge is 0.491 e. The van der Waals surface area contributed by atoms with Gasteiger partial charge in [-0.2, -0.15) is 0 Å². The van der Waals surface area contributed by atoms with E-state index in [2.05, 4.69) is 32.2 Å². The van der Waals surface area contributed by atoms with Crippen LogP contribution in [0.25, 0.3) is 0 Å². The molecule has 0 aromatic heterocycles. The third kappa shape index (κ3) is 7.02. The van der Waals surface area contributed by atoms with Crippen LogP contribution in [0.4, 0.5) is 10.1 Å². The summed E-state index contributed by atoms with van der Waals surface area (Å²) in [6.07, 6.45) is 0. The summed E-state index contributed by atoms with van der Waals surface area (Å²) in [6.45, 7) is 5.30. The topological polar surface area (TPSA) is 49.3 Å². The predicted molar refractivity (Wildman–Crippen MR) is 130 cm³/mol. The monoisotopic (exact) mass is 528 g/mol. The Morgan fingerprint density at radius 1 is 1.00 bits per heavy atom. The second-order valence-electron chi connectivity index (χ2n) is 6.84. The standard InChI is InChI=1S/C22H29FN4O2.HI/c1-24-22(25-17-18-3-9-21(10-4-18)29-16-15-28-2)27-13-11-26(12-14-27)20-7-5-19(23)6-8-20;/h3-10H,11-17H2,1-2H3,(H,24,25);1H. The Hall–Kier alpha value is -2.07. The lowest BCUT2D eigenvalue weighted by Gasteiger charge is -2.37. The van der Waals surface area contributed by atoms with Crippen molar-refractivity contribution in [2.75, 3.05) is 58.5 Å². The second kappa shape index (κ2) is 12.6. The molecule has 2 aromatic rings. The molecule has 8 heteroatoms. The molecule has 0 unspecified atom stereocenters. The maximum absolute atomic E-state index is 13.1. The van der Waals surface area contributed by atoms with Gasteiger partial charge in [0.25, 0.3) is 0 Å². The maximum atomic E-state index is 13.1. The highest BCUT2D eigenvalue weighted by molar-refractivity contribution is 14.0. The molecule has 2 aromatic carbocycles. The number of methoxy groups -OCH3 is 1. The van der Waals surface area contributed by atoms with Crippen molar-refractivity contribution in [1.29, 1.82) is 0 Å². The number of rotatable bonds is 7. The molecule has 0 atom stereocenters. The average molecular weight is 528 g/mol. The Kier molecular flexibility index (Phi) is 10.2. The van der Waals surface area contributed by atoms with Crippen LogP contribution < -0.4 is 15.0 Å². The van der Waals surface area contributed by atoms with Crippen LogP contribution in [-0.4, -0.2) is 64.4 Å². The minimum absolute atomic E-state index is 0. The molecule has 1 heterocycles. The first-order valence-corrected chi connectivity index (χ1v) is 9.86. The van der Waals surface area contributed by atoms with Crippen molar-refractivity contribution in [2.24, 2.45) is 4.99 Å². The number of aliphatic imine (C=N–C) groups is 1. The van der Waals surface area contributed by atoms with Crippen molar-refractivity contribution in [2.45, 2.75) is 6.54 Å². The summed E-state index contributed by atoms with van der Waals surface area (Å²) in [5, 5.41) is 3.44. The van der Waals surface area contributed by atoms with Crippen molar-refractivity contribution < 1.29 is 13.9 Å². The third-order valence-corrected chi connectivity index (χ3v) is 4.91. The molecule has 0 amide bonds.